The zero-order chi connectivity index (χ0) is 21.8. The minimum atomic E-state index is -0.125. The number of benzene rings is 2. The van der Waals surface area contributed by atoms with Gasteiger partial charge in [-0.05, 0) is 37.1 Å². The lowest BCUT2D eigenvalue weighted by atomic mass is 10.1. The van der Waals surface area contributed by atoms with Crippen LogP contribution in [-0.2, 0) is 24.3 Å². The number of carbonyl (C=O) groups excluding carboxylic acids is 1. The predicted octanol–water partition coefficient (Wildman–Crippen LogP) is 3.68. The summed E-state index contributed by atoms with van der Waals surface area (Å²) in [6.07, 6.45) is 0.730. The topological polar surface area (TPSA) is 78.1 Å². The molecule has 3 aromatic rings. The molecule has 0 saturated carbocycles. The number of amides is 1. The van der Waals surface area contributed by atoms with Crippen molar-refractivity contribution in [3.05, 3.63) is 86.8 Å². The maximum absolute atomic E-state index is 12.7. The molecular formula is C24H26N4O2S. The van der Waals surface area contributed by atoms with Crippen LogP contribution in [0.3, 0.4) is 0 Å². The Morgan fingerprint density at radius 3 is 2.74 bits per heavy atom. The highest BCUT2D eigenvalue weighted by Crippen LogP contribution is 2.20. The molecule has 2 N–H and O–H groups in total. The predicted molar refractivity (Wildman–Crippen MR) is 124 cm³/mol. The molecule has 1 amide bonds. The van der Waals surface area contributed by atoms with Crippen LogP contribution >= 0.6 is 11.8 Å². The van der Waals surface area contributed by atoms with Crippen LogP contribution in [0.2, 0.25) is 0 Å². The first kappa shape index (κ1) is 21.3. The standard InChI is InChI=1S/C24H26N4O2S/c1-16-6-8-18(9-7-16)13-28-11-10-21-20(14-28)23(30)27-24(26-21)31-15-22(29)25-19-5-3-4-17(2)12-19/h3-9,12H,10-11,13-15H2,1-2H3,(H,25,29)(H,26,27,30). The molecule has 6 nitrogen and oxygen atoms in total. The molecule has 2 aromatic carbocycles. The number of H-pyrrole nitrogens is 1. The Morgan fingerprint density at radius 1 is 1.16 bits per heavy atom. The van der Waals surface area contributed by atoms with Crippen LogP contribution in [0.4, 0.5) is 5.69 Å². The molecule has 0 radical (unpaired) electrons. The summed E-state index contributed by atoms with van der Waals surface area (Å²) in [5.74, 6) is 0.0649. The van der Waals surface area contributed by atoms with Crippen molar-refractivity contribution < 1.29 is 4.79 Å². The second-order valence-electron chi connectivity index (χ2n) is 7.95. The quantitative estimate of drug-likeness (QED) is 0.457. The van der Waals surface area contributed by atoms with Gasteiger partial charge in [-0.3, -0.25) is 14.5 Å². The Bertz CT molecular complexity index is 1140. The molecule has 0 bridgehead atoms. The van der Waals surface area contributed by atoms with Gasteiger partial charge in [-0.1, -0.05) is 53.7 Å². The molecule has 1 aromatic heterocycles. The van der Waals surface area contributed by atoms with Crippen molar-refractivity contribution in [2.24, 2.45) is 0 Å². The Balaban J connectivity index is 1.37. The number of anilines is 1. The molecule has 31 heavy (non-hydrogen) atoms. The van der Waals surface area contributed by atoms with Crippen LogP contribution in [-0.4, -0.2) is 33.1 Å². The number of aryl methyl sites for hydroxylation is 2. The summed E-state index contributed by atoms with van der Waals surface area (Å²) in [7, 11) is 0. The van der Waals surface area contributed by atoms with Gasteiger partial charge < -0.3 is 10.3 Å². The fraction of sp³-hybridized carbons (Fsp3) is 0.292. The monoisotopic (exact) mass is 434 g/mol. The molecule has 1 aliphatic rings. The van der Waals surface area contributed by atoms with E-state index in [2.05, 4.69) is 51.4 Å². The van der Waals surface area contributed by atoms with Gasteiger partial charge in [0.15, 0.2) is 5.16 Å². The molecule has 0 atom stereocenters. The molecule has 0 unspecified atom stereocenters. The van der Waals surface area contributed by atoms with Crippen LogP contribution in [0, 0.1) is 13.8 Å². The minimum Gasteiger partial charge on any atom is -0.325 e. The zero-order valence-corrected chi connectivity index (χ0v) is 18.6. The number of nitrogens with zero attached hydrogens (tertiary/aromatic N) is 2. The van der Waals surface area contributed by atoms with E-state index >= 15 is 0 Å². The Kier molecular flexibility index (Phi) is 6.53. The summed E-state index contributed by atoms with van der Waals surface area (Å²) in [5, 5.41) is 3.37. The molecule has 0 spiro atoms. The van der Waals surface area contributed by atoms with Gasteiger partial charge in [0.2, 0.25) is 5.91 Å². The Labute approximate surface area is 186 Å². The third kappa shape index (κ3) is 5.62. The first-order valence-corrected chi connectivity index (χ1v) is 11.3. The highest BCUT2D eigenvalue weighted by atomic mass is 32.2. The van der Waals surface area contributed by atoms with Crippen molar-refractivity contribution >= 4 is 23.4 Å². The van der Waals surface area contributed by atoms with Gasteiger partial charge >= 0.3 is 0 Å². The van der Waals surface area contributed by atoms with E-state index < -0.39 is 0 Å². The number of aromatic amines is 1. The smallest absolute Gasteiger partial charge is 0.256 e. The lowest BCUT2D eigenvalue weighted by molar-refractivity contribution is -0.113. The summed E-state index contributed by atoms with van der Waals surface area (Å²) in [6.45, 7) is 6.32. The number of aromatic nitrogens is 2. The van der Waals surface area contributed by atoms with Crippen molar-refractivity contribution in [2.75, 3.05) is 17.6 Å². The molecular weight excluding hydrogens is 408 g/mol. The molecule has 0 saturated heterocycles. The van der Waals surface area contributed by atoms with Crippen molar-refractivity contribution in [1.29, 1.82) is 0 Å². The molecule has 2 heterocycles. The highest BCUT2D eigenvalue weighted by molar-refractivity contribution is 7.99. The van der Waals surface area contributed by atoms with Crippen LogP contribution in [0.5, 0.6) is 0 Å². The average Bonchev–Trinajstić information content (AvgIpc) is 2.74. The second-order valence-corrected chi connectivity index (χ2v) is 8.91. The van der Waals surface area contributed by atoms with Gasteiger partial charge in [-0.15, -0.1) is 0 Å². The van der Waals surface area contributed by atoms with Crippen molar-refractivity contribution in [2.45, 2.75) is 38.5 Å². The number of thioether (sulfide) groups is 1. The lowest BCUT2D eigenvalue weighted by Gasteiger charge is -2.27. The Morgan fingerprint density at radius 2 is 1.97 bits per heavy atom. The second kappa shape index (κ2) is 9.49. The number of carbonyl (C=O) groups is 1. The first-order chi connectivity index (χ1) is 15.0. The van der Waals surface area contributed by atoms with E-state index in [4.69, 9.17) is 0 Å². The third-order valence-corrected chi connectivity index (χ3v) is 6.17. The fourth-order valence-electron chi connectivity index (χ4n) is 3.67. The highest BCUT2D eigenvalue weighted by Gasteiger charge is 2.21. The van der Waals surface area contributed by atoms with E-state index in [-0.39, 0.29) is 17.2 Å². The number of fused-ring (bicyclic) bond motifs is 1. The van der Waals surface area contributed by atoms with E-state index in [1.807, 2.05) is 31.2 Å². The van der Waals surface area contributed by atoms with E-state index in [9.17, 15) is 9.59 Å². The maximum atomic E-state index is 12.7. The fourth-order valence-corrected chi connectivity index (χ4v) is 4.35. The molecule has 160 valence electrons. The van der Waals surface area contributed by atoms with Crippen LogP contribution in [0.1, 0.15) is 27.9 Å². The maximum Gasteiger partial charge on any atom is 0.256 e. The number of nitrogens with one attached hydrogen (secondary N) is 2. The van der Waals surface area contributed by atoms with Crippen molar-refractivity contribution in [1.82, 2.24) is 14.9 Å². The average molecular weight is 435 g/mol. The number of rotatable bonds is 6. The van der Waals surface area contributed by atoms with Crippen molar-refractivity contribution in [3.63, 3.8) is 0 Å². The molecule has 7 heteroatoms. The molecule has 1 aliphatic heterocycles. The summed E-state index contributed by atoms with van der Waals surface area (Å²) in [5.41, 5.74) is 5.79. The first-order valence-electron chi connectivity index (χ1n) is 10.4. The summed E-state index contributed by atoms with van der Waals surface area (Å²) in [4.78, 5) is 34.7. The third-order valence-electron chi connectivity index (χ3n) is 5.29. The zero-order valence-electron chi connectivity index (χ0n) is 17.8. The lowest BCUT2D eigenvalue weighted by Crippen LogP contribution is -2.35. The summed E-state index contributed by atoms with van der Waals surface area (Å²) < 4.78 is 0. The molecule has 4 rings (SSSR count). The number of hydrogen-bond donors (Lipinski definition) is 2. The van der Waals surface area contributed by atoms with Gasteiger partial charge in [0.25, 0.3) is 5.56 Å². The van der Waals surface area contributed by atoms with E-state index in [0.717, 1.165) is 42.0 Å². The summed E-state index contributed by atoms with van der Waals surface area (Å²) >= 11 is 1.25. The van der Waals surface area contributed by atoms with Gasteiger partial charge in [-0.2, -0.15) is 0 Å². The van der Waals surface area contributed by atoms with Crippen LogP contribution in [0.15, 0.2) is 58.5 Å². The molecule has 0 aliphatic carbocycles. The van der Waals surface area contributed by atoms with Gasteiger partial charge in [-0.25, -0.2) is 4.98 Å². The minimum absolute atomic E-state index is 0.111. The SMILES string of the molecule is Cc1ccc(CN2CCc3nc(SCC(=O)Nc4cccc(C)c4)[nH]c(=O)c3C2)cc1. The van der Waals surface area contributed by atoms with Crippen LogP contribution < -0.4 is 10.9 Å². The van der Waals surface area contributed by atoms with Gasteiger partial charge in [0.05, 0.1) is 17.0 Å². The van der Waals surface area contributed by atoms with Crippen molar-refractivity contribution in [3.8, 4) is 0 Å². The summed E-state index contributed by atoms with van der Waals surface area (Å²) in [6, 6.07) is 16.2. The van der Waals surface area contributed by atoms with Gasteiger partial charge in [0, 0.05) is 31.7 Å². The van der Waals surface area contributed by atoms with E-state index in [0.29, 0.717) is 11.7 Å². The largest absolute Gasteiger partial charge is 0.325 e. The van der Waals surface area contributed by atoms with Crippen LogP contribution in [0.25, 0.3) is 0 Å². The normalized spacial score (nSPS) is 13.6. The Hall–Kier alpha value is -2.90. The van der Waals surface area contributed by atoms with E-state index in [1.165, 1.54) is 22.9 Å². The van der Waals surface area contributed by atoms with Gasteiger partial charge in [0.1, 0.15) is 0 Å². The number of hydrogen-bond acceptors (Lipinski definition) is 5. The molecule has 0 fully saturated rings. The van der Waals surface area contributed by atoms with E-state index in [1.54, 1.807) is 0 Å².